The normalized spacial score (nSPS) is 24.2. The summed E-state index contributed by atoms with van der Waals surface area (Å²) in [6.45, 7) is 5.65. The van der Waals surface area contributed by atoms with Crippen molar-refractivity contribution in [3.8, 4) is 11.5 Å². The van der Waals surface area contributed by atoms with Crippen LogP contribution in [-0.2, 0) is 6.54 Å². The number of rotatable bonds is 4. The van der Waals surface area contributed by atoms with Gasteiger partial charge in [-0.05, 0) is 44.4 Å². The highest BCUT2D eigenvalue weighted by atomic mass is 16.5. The van der Waals surface area contributed by atoms with E-state index in [1.165, 1.54) is 24.8 Å². The summed E-state index contributed by atoms with van der Waals surface area (Å²) in [6.07, 6.45) is 3.96. The predicted octanol–water partition coefficient (Wildman–Crippen LogP) is 3.47. The highest BCUT2D eigenvalue weighted by molar-refractivity contribution is 5.42. The van der Waals surface area contributed by atoms with E-state index in [1.54, 1.807) is 14.2 Å². The molecule has 3 nitrogen and oxygen atoms in total. The molecule has 0 aliphatic carbocycles. The highest BCUT2D eigenvalue weighted by Gasteiger charge is 2.24. The molecule has 0 radical (unpaired) electrons. The van der Waals surface area contributed by atoms with Gasteiger partial charge in [0.1, 0.15) is 0 Å². The molecular formula is C16H25NO2. The monoisotopic (exact) mass is 263 g/mol. The van der Waals surface area contributed by atoms with E-state index in [-0.39, 0.29) is 0 Å². The van der Waals surface area contributed by atoms with Gasteiger partial charge in [-0.15, -0.1) is 0 Å². The molecule has 0 amide bonds. The zero-order valence-electron chi connectivity index (χ0n) is 12.5. The summed E-state index contributed by atoms with van der Waals surface area (Å²) in [5.74, 6) is 1.61. The van der Waals surface area contributed by atoms with Crippen LogP contribution in [0.1, 0.15) is 38.7 Å². The number of methoxy groups -OCH3 is 2. The average molecular weight is 263 g/mol. The van der Waals surface area contributed by atoms with Crippen molar-refractivity contribution in [3.63, 3.8) is 0 Å². The van der Waals surface area contributed by atoms with Gasteiger partial charge in [0.25, 0.3) is 0 Å². The van der Waals surface area contributed by atoms with E-state index in [9.17, 15) is 0 Å². The first kappa shape index (κ1) is 14.2. The Morgan fingerprint density at radius 2 is 1.68 bits per heavy atom. The van der Waals surface area contributed by atoms with E-state index < -0.39 is 0 Å². The van der Waals surface area contributed by atoms with Crippen LogP contribution in [0, 0.1) is 0 Å². The fourth-order valence-corrected chi connectivity index (χ4v) is 2.98. The number of nitrogens with zero attached hydrogens (tertiary/aromatic N) is 1. The van der Waals surface area contributed by atoms with Crippen LogP contribution in [0.25, 0.3) is 0 Å². The molecule has 2 rings (SSSR count). The Bertz CT molecular complexity index is 409. The van der Waals surface area contributed by atoms with Crippen molar-refractivity contribution in [1.29, 1.82) is 0 Å². The fourth-order valence-electron chi connectivity index (χ4n) is 2.98. The zero-order valence-corrected chi connectivity index (χ0v) is 12.5. The molecule has 0 bridgehead atoms. The zero-order chi connectivity index (χ0) is 13.8. The molecule has 0 N–H and O–H groups in total. The van der Waals surface area contributed by atoms with Gasteiger partial charge in [0.05, 0.1) is 14.2 Å². The Morgan fingerprint density at radius 1 is 1.05 bits per heavy atom. The standard InChI is InChI=1S/C16H25NO2/c1-12-6-5-7-13(2)17(12)11-14-8-9-15(18-3)16(10-14)19-4/h8-10,12-13H,5-7,11H2,1-4H3/t12-,13+. The molecule has 1 aliphatic heterocycles. The molecule has 0 unspecified atom stereocenters. The summed E-state index contributed by atoms with van der Waals surface area (Å²) < 4.78 is 10.7. The summed E-state index contributed by atoms with van der Waals surface area (Å²) in [6, 6.07) is 7.55. The second kappa shape index (κ2) is 6.29. The molecule has 1 aliphatic rings. The lowest BCUT2D eigenvalue weighted by Crippen LogP contribution is -2.42. The number of piperidine rings is 1. The van der Waals surface area contributed by atoms with Crippen molar-refractivity contribution in [2.75, 3.05) is 14.2 Å². The smallest absolute Gasteiger partial charge is 0.161 e. The molecule has 1 heterocycles. The molecule has 3 heteroatoms. The van der Waals surface area contributed by atoms with Gasteiger partial charge in [-0.2, -0.15) is 0 Å². The second-order valence-electron chi connectivity index (χ2n) is 5.49. The van der Waals surface area contributed by atoms with Crippen LogP contribution in [0.4, 0.5) is 0 Å². The minimum Gasteiger partial charge on any atom is -0.493 e. The third-order valence-corrected chi connectivity index (χ3v) is 4.19. The van der Waals surface area contributed by atoms with Crippen LogP contribution in [0.5, 0.6) is 11.5 Å². The first-order chi connectivity index (χ1) is 9.15. The van der Waals surface area contributed by atoms with Crippen LogP contribution < -0.4 is 9.47 Å². The molecule has 2 atom stereocenters. The van der Waals surface area contributed by atoms with E-state index in [2.05, 4.69) is 30.9 Å². The van der Waals surface area contributed by atoms with Crippen LogP contribution in [0.3, 0.4) is 0 Å². The van der Waals surface area contributed by atoms with E-state index >= 15 is 0 Å². The molecule has 106 valence electrons. The molecule has 1 fully saturated rings. The molecule has 19 heavy (non-hydrogen) atoms. The predicted molar refractivity (Wildman–Crippen MR) is 77.9 cm³/mol. The van der Waals surface area contributed by atoms with Gasteiger partial charge < -0.3 is 9.47 Å². The van der Waals surface area contributed by atoms with Gasteiger partial charge in [-0.1, -0.05) is 12.5 Å². The maximum atomic E-state index is 5.38. The first-order valence-electron chi connectivity index (χ1n) is 7.12. The number of hydrogen-bond acceptors (Lipinski definition) is 3. The molecule has 0 saturated carbocycles. The van der Waals surface area contributed by atoms with Crippen molar-refractivity contribution in [2.45, 2.75) is 51.7 Å². The summed E-state index contributed by atoms with van der Waals surface area (Å²) in [5, 5.41) is 0. The van der Waals surface area contributed by atoms with Crippen LogP contribution >= 0.6 is 0 Å². The van der Waals surface area contributed by atoms with Crippen molar-refractivity contribution in [1.82, 2.24) is 4.90 Å². The minimum atomic E-state index is 0.664. The fraction of sp³-hybridized carbons (Fsp3) is 0.625. The van der Waals surface area contributed by atoms with E-state index in [0.717, 1.165) is 18.0 Å². The van der Waals surface area contributed by atoms with E-state index in [0.29, 0.717) is 12.1 Å². The first-order valence-corrected chi connectivity index (χ1v) is 7.12. The average Bonchev–Trinajstić information content (AvgIpc) is 2.42. The molecule has 1 aromatic carbocycles. The summed E-state index contributed by atoms with van der Waals surface area (Å²) in [4.78, 5) is 2.59. The van der Waals surface area contributed by atoms with Crippen molar-refractivity contribution in [3.05, 3.63) is 23.8 Å². The van der Waals surface area contributed by atoms with Crippen molar-refractivity contribution >= 4 is 0 Å². The van der Waals surface area contributed by atoms with Crippen molar-refractivity contribution < 1.29 is 9.47 Å². The SMILES string of the molecule is COc1ccc(CN2[C@H](C)CCC[C@@H]2C)cc1OC. The van der Waals surface area contributed by atoms with Gasteiger partial charge in [0, 0.05) is 18.6 Å². The number of likely N-dealkylation sites (tertiary alicyclic amines) is 1. The van der Waals surface area contributed by atoms with Crippen LogP contribution in [-0.4, -0.2) is 31.2 Å². The van der Waals surface area contributed by atoms with Crippen molar-refractivity contribution in [2.24, 2.45) is 0 Å². The lowest BCUT2D eigenvalue weighted by atomic mass is 9.96. The van der Waals surface area contributed by atoms with Gasteiger partial charge in [-0.25, -0.2) is 0 Å². The molecular weight excluding hydrogens is 238 g/mol. The Morgan fingerprint density at radius 3 is 2.26 bits per heavy atom. The third-order valence-electron chi connectivity index (χ3n) is 4.19. The van der Waals surface area contributed by atoms with Crippen LogP contribution in [0.2, 0.25) is 0 Å². The van der Waals surface area contributed by atoms with Gasteiger partial charge >= 0.3 is 0 Å². The van der Waals surface area contributed by atoms with Gasteiger partial charge in [0.15, 0.2) is 11.5 Å². The minimum absolute atomic E-state index is 0.664. The lowest BCUT2D eigenvalue weighted by Gasteiger charge is -2.39. The van der Waals surface area contributed by atoms with Crippen LogP contribution in [0.15, 0.2) is 18.2 Å². The molecule has 1 aromatic rings. The maximum absolute atomic E-state index is 5.38. The summed E-state index contributed by atoms with van der Waals surface area (Å²) in [5.41, 5.74) is 1.29. The molecule has 0 spiro atoms. The maximum Gasteiger partial charge on any atom is 0.161 e. The lowest BCUT2D eigenvalue weighted by molar-refractivity contribution is 0.0952. The number of benzene rings is 1. The summed E-state index contributed by atoms with van der Waals surface area (Å²) >= 11 is 0. The Labute approximate surface area is 116 Å². The number of ether oxygens (including phenoxy) is 2. The largest absolute Gasteiger partial charge is 0.493 e. The van der Waals surface area contributed by atoms with E-state index in [1.807, 2.05) is 6.07 Å². The van der Waals surface area contributed by atoms with E-state index in [4.69, 9.17) is 9.47 Å². The Balaban J connectivity index is 2.13. The van der Waals surface area contributed by atoms with Gasteiger partial charge in [0.2, 0.25) is 0 Å². The van der Waals surface area contributed by atoms with Gasteiger partial charge in [-0.3, -0.25) is 4.90 Å². The molecule has 1 saturated heterocycles. The Hall–Kier alpha value is -1.22. The quantitative estimate of drug-likeness (QED) is 0.830. The summed E-state index contributed by atoms with van der Waals surface area (Å²) in [7, 11) is 3.36. The number of hydrogen-bond donors (Lipinski definition) is 0. The Kier molecular flexibility index (Phi) is 4.70. The molecule has 0 aromatic heterocycles. The third kappa shape index (κ3) is 3.21. The highest BCUT2D eigenvalue weighted by Crippen LogP contribution is 2.30. The second-order valence-corrected chi connectivity index (χ2v) is 5.49. The topological polar surface area (TPSA) is 21.7 Å².